The molecular weight excluding hydrogens is 282 g/mol. The van der Waals surface area contributed by atoms with Crippen molar-refractivity contribution in [1.29, 1.82) is 5.26 Å². The van der Waals surface area contributed by atoms with E-state index in [1.165, 1.54) is 11.8 Å². The maximum atomic E-state index is 12.4. The van der Waals surface area contributed by atoms with Gasteiger partial charge < -0.3 is 5.32 Å². The quantitative estimate of drug-likeness (QED) is 0.880. The molecule has 1 aromatic carbocycles. The molecule has 1 aliphatic carbocycles. The summed E-state index contributed by atoms with van der Waals surface area (Å²) in [5.41, 5.74) is 1.42. The third-order valence-electron chi connectivity index (χ3n) is 3.33. The van der Waals surface area contributed by atoms with Gasteiger partial charge in [-0.15, -0.1) is 0 Å². The van der Waals surface area contributed by atoms with E-state index in [0.29, 0.717) is 16.6 Å². The zero-order chi connectivity index (χ0) is 14.8. The smallest absolute Gasteiger partial charge is 0.252 e. The number of aromatic nitrogens is 1. The van der Waals surface area contributed by atoms with Gasteiger partial charge >= 0.3 is 0 Å². The van der Waals surface area contributed by atoms with E-state index >= 15 is 0 Å². The summed E-state index contributed by atoms with van der Waals surface area (Å²) in [5.74, 6) is -0.0532. The number of nitrogens with one attached hydrogen (secondary N) is 1. The molecule has 3 rings (SSSR count). The van der Waals surface area contributed by atoms with Crippen molar-refractivity contribution < 1.29 is 4.79 Å². The van der Waals surface area contributed by atoms with Crippen LogP contribution in [0.4, 0.5) is 0 Å². The zero-order valence-electron chi connectivity index (χ0n) is 11.7. The fraction of sp³-hybridized carbons (Fsp3) is 0.312. The molecule has 21 heavy (non-hydrogen) atoms. The molecule has 0 radical (unpaired) electrons. The normalized spacial score (nSPS) is 15.4. The Morgan fingerprint density at radius 1 is 1.48 bits per heavy atom. The van der Waals surface area contributed by atoms with Crippen molar-refractivity contribution in [3.8, 4) is 6.07 Å². The van der Waals surface area contributed by atoms with Crippen LogP contribution in [0.15, 0.2) is 35.4 Å². The van der Waals surface area contributed by atoms with Crippen LogP contribution in [0, 0.1) is 11.3 Å². The molecule has 106 valence electrons. The summed E-state index contributed by atoms with van der Waals surface area (Å²) in [6.07, 6.45) is 2.11. The second-order valence-corrected chi connectivity index (χ2v) is 6.52. The first-order valence-electron chi connectivity index (χ1n) is 6.94. The van der Waals surface area contributed by atoms with Gasteiger partial charge in [-0.3, -0.25) is 4.79 Å². The van der Waals surface area contributed by atoms with Gasteiger partial charge in [0, 0.05) is 11.4 Å². The highest BCUT2D eigenvalue weighted by molar-refractivity contribution is 8.00. The Labute approximate surface area is 127 Å². The van der Waals surface area contributed by atoms with Gasteiger partial charge in [0.05, 0.1) is 27.4 Å². The number of hydrogen-bond acceptors (Lipinski definition) is 4. The number of thioether (sulfide) groups is 1. The minimum absolute atomic E-state index is 0.0532. The summed E-state index contributed by atoms with van der Waals surface area (Å²) in [5, 5.41) is 13.3. The first-order chi connectivity index (χ1) is 10.2. The summed E-state index contributed by atoms with van der Waals surface area (Å²) < 4.78 is 0. The van der Waals surface area contributed by atoms with E-state index in [-0.39, 0.29) is 11.2 Å². The van der Waals surface area contributed by atoms with Gasteiger partial charge in [0.15, 0.2) is 0 Å². The van der Waals surface area contributed by atoms with E-state index in [0.717, 1.165) is 23.7 Å². The van der Waals surface area contributed by atoms with Crippen LogP contribution in [-0.4, -0.2) is 22.2 Å². The van der Waals surface area contributed by atoms with E-state index in [2.05, 4.69) is 16.4 Å². The molecule has 4 nitrogen and oxygen atoms in total. The van der Waals surface area contributed by atoms with Gasteiger partial charge in [0.1, 0.15) is 0 Å². The Hall–Kier alpha value is -2.06. The predicted molar refractivity (Wildman–Crippen MR) is 83.2 cm³/mol. The molecule has 1 atom stereocenters. The van der Waals surface area contributed by atoms with Gasteiger partial charge in [-0.05, 0) is 31.9 Å². The molecule has 1 aliphatic rings. The maximum Gasteiger partial charge on any atom is 0.252 e. The lowest BCUT2D eigenvalue weighted by molar-refractivity contribution is 0.0952. The standard InChI is InChI=1S/C16H15N3OS/c1-10(9-17)21-15-8-13(16(20)18-11-6-7-11)12-4-2-3-5-14(12)19-15/h2-5,8,10-11H,6-7H2,1H3,(H,18,20)/t10-/m1/s1. The lowest BCUT2D eigenvalue weighted by atomic mass is 10.1. The van der Waals surface area contributed by atoms with Crippen molar-refractivity contribution in [3.63, 3.8) is 0 Å². The SMILES string of the molecule is C[C@H](C#N)Sc1cc(C(=O)NC2CC2)c2ccccc2n1. The van der Waals surface area contributed by atoms with Gasteiger partial charge in [-0.25, -0.2) is 4.98 Å². The summed E-state index contributed by atoms with van der Waals surface area (Å²) in [4.78, 5) is 16.9. The summed E-state index contributed by atoms with van der Waals surface area (Å²) in [6, 6.07) is 11.9. The molecule has 2 aromatic rings. The Morgan fingerprint density at radius 2 is 2.24 bits per heavy atom. The lowest BCUT2D eigenvalue weighted by Gasteiger charge is -2.10. The van der Waals surface area contributed by atoms with Crippen LogP contribution < -0.4 is 5.32 Å². The van der Waals surface area contributed by atoms with Gasteiger partial charge in [-0.2, -0.15) is 5.26 Å². The molecule has 0 aliphatic heterocycles. The molecule has 0 spiro atoms. The predicted octanol–water partition coefficient (Wildman–Crippen LogP) is 3.13. The number of nitriles is 1. The van der Waals surface area contributed by atoms with Crippen molar-refractivity contribution in [3.05, 3.63) is 35.9 Å². The number of carbonyl (C=O) groups is 1. The highest BCUT2D eigenvalue weighted by Crippen LogP contribution is 2.27. The number of nitrogens with zero attached hydrogens (tertiary/aromatic N) is 2. The molecule has 0 saturated heterocycles. The van der Waals surface area contributed by atoms with Gasteiger partial charge in [0.2, 0.25) is 0 Å². The molecule has 1 saturated carbocycles. The van der Waals surface area contributed by atoms with Crippen LogP contribution in [0.25, 0.3) is 10.9 Å². The number of carbonyl (C=O) groups excluding carboxylic acids is 1. The van der Waals surface area contributed by atoms with Crippen molar-refractivity contribution in [2.24, 2.45) is 0 Å². The molecule has 1 fully saturated rings. The Balaban J connectivity index is 2.02. The summed E-state index contributed by atoms with van der Waals surface area (Å²) in [7, 11) is 0. The average molecular weight is 297 g/mol. The van der Waals surface area contributed by atoms with Crippen molar-refractivity contribution in [2.75, 3.05) is 0 Å². The largest absolute Gasteiger partial charge is 0.349 e. The number of benzene rings is 1. The van der Waals surface area contributed by atoms with Crippen LogP contribution >= 0.6 is 11.8 Å². The monoisotopic (exact) mass is 297 g/mol. The second kappa shape index (κ2) is 5.74. The number of rotatable bonds is 4. The van der Waals surface area contributed by atoms with Crippen molar-refractivity contribution in [2.45, 2.75) is 36.1 Å². The minimum Gasteiger partial charge on any atom is -0.349 e. The highest BCUT2D eigenvalue weighted by Gasteiger charge is 2.25. The number of pyridine rings is 1. The zero-order valence-corrected chi connectivity index (χ0v) is 12.5. The number of amides is 1. The number of fused-ring (bicyclic) bond motifs is 1. The minimum atomic E-state index is -0.196. The van der Waals surface area contributed by atoms with Crippen LogP contribution in [0.2, 0.25) is 0 Å². The van der Waals surface area contributed by atoms with E-state index in [1.807, 2.05) is 31.2 Å². The van der Waals surface area contributed by atoms with Crippen LogP contribution in [0.1, 0.15) is 30.1 Å². The van der Waals surface area contributed by atoms with Crippen molar-refractivity contribution >= 4 is 28.6 Å². The number of hydrogen-bond donors (Lipinski definition) is 1. The Morgan fingerprint density at radius 3 is 2.95 bits per heavy atom. The fourth-order valence-electron chi connectivity index (χ4n) is 2.10. The van der Waals surface area contributed by atoms with Crippen LogP contribution in [-0.2, 0) is 0 Å². The fourth-order valence-corrected chi connectivity index (χ4v) is 2.85. The summed E-state index contributed by atoms with van der Waals surface area (Å²) >= 11 is 1.37. The van der Waals surface area contributed by atoms with E-state index in [9.17, 15) is 4.79 Å². The van der Waals surface area contributed by atoms with E-state index in [4.69, 9.17) is 5.26 Å². The average Bonchev–Trinajstić information content (AvgIpc) is 3.30. The summed E-state index contributed by atoms with van der Waals surface area (Å²) in [6.45, 7) is 1.82. The molecule has 1 N–H and O–H groups in total. The third-order valence-corrected chi connectivity index (χ3v) is 4.24. The maximum absolute atomic E-state index is 12.4. The first kappa shape index (κ1) is 13.9. The molecule has 1 aromatic heterocycles. The van der Waals surface area contributed by atoms with E-state index < -0.39 is 0 Å². The van der Waals surface area contributed by atoms with Gasteiger partial charge in [-0.1, -0.05) is 30.0 Å². The number of para-hydroxylation sites is 1. The lowest BCUT2D eigenvalue weighted by Crippen LogP contribution is -2.25. The molecule has 1 amide bonds. The molecule has 1 heterocycles. The van der Waals surface area contributed by atoms with Crippen LogP contribution in [0.3, 0.4) is 0 Å². The second-order valence-electron chi connectivity index (χ2n) is 5.16. The Bertz CT molecular complexity index is 734. The van der Waals surface area contributed by atoms with Gasteiger partial charge in [0.25, 0.3) is 5.91 Å². The van der Waals surface area contributed by atoms with Crippen molar-refractivity contribution in [1.82, 2.24) is 10.3 Å². The topological polar surface area (TPSA) is 65.8 Å². The molecule has 5 heteroatoms. The highest BCUT2D eigenvalue weighted by atomic mass is 32.2. The first-order valence-corrected chi connectivity index (χ1v) is 7.82. The third kappa shape index (κ3) is 3.17. The molecular formula is C16H15N3OS. The van der Waals surface area contributed by atoms with E-state index in [1.54, 1.807) is 6.07 Å². The Kier molecular flexibility index (Phi) is 3.80. The molecule has 0 unspecified atom stereocenters. The van der Waals surface area contributed by atoms with Crippen LogP contribution in [0.5, 0.6) is 0 Å². The molecule has 0 bridgehead atoms.